The van der Waals surface area contributed by atoms with Gasteiger partial charge in [-0.2, -0.15) is 0 Å². The van der Waals surface area contributed by atoms with E-state index in [1.54, 1.807) is 0 Å². The zero-order chi connectivity index (χ0) is 10.8. The summed E-state index contributed by atoms with van der Waals surface area (Å²) in [5, 5.41) is 9.09. The van der Waals surface area contributed by atoms with Crippen LogP contribution in [0.3, 0.4) is 0 Å². The SMILES string of the molecule is CC(=O)OCC1(CO)CSS(=O)(=O)C1. The van der Waals surface area contributed by atoms with Crippen LogP contribution in [-0.2, 0) is 18.4 Å². The fourth-order valence-corrected chi connectivity index (χ4v) is 5.38. The van der Waals surface area contributed by atoms with Gasteiger partial charge in [-0.3, -0.25) is 4.79 Å². The van der Waals surface area contributed by atoms with E-state index in [-0.39, 0.29) is 24.7 Å². The highest BCUT2D eigenvalue weighted by Gasteiger charge is 2.43. The van der Waals surface area contributed by atoms with Gasteiger partial charge in [-0.25, -0.2) is 8.42 Å². The van der Waals surface area contributed by atoms with Crippen LogP contribution in [0.1, 0.15) is 6.92 Å². The lowest BCUT2D eigenvalue weighted by molar-refractivity contribution is -0.144. The van der Waals surface area contributed by atoms with E-state index in [0.717, 1.165) is 10.8 Å². The van der Waals surface area contributed by atoms with Crippen LogP contribution >= 0.6 is 10.8 Å². The number of aliphatic hydroxyl groups is 1. The van der Waals surface area contributed by atoms with Crippen LogP contribution in [0.25, 0.3) is 0 Å². The molecule has 1 fully saturated rings. The van der Waals surface area contributed by atoms with Gasteiger partial charge >= 0.3 is 5.97 Å². The van der Waals surface area contributed by atoms with Gasteiger partial charge in [-0.1, -0.05) is 0 Å². The van der Waals surface area contributed by atoms with E-state index in [2.05, 4.69) is 0 Å². The fourth-order valence-electron chi connectivity index (χ4n) is 1.15. The number of carbonyl (C=O) groups is 1. The van der Waals surface area contributed by atoms with Crippen molar-refractivity contribution < 1.29 is 23.1 Å². The lowest BCUT2D eigenvalue weighted by Crippen LogP contribution is -2.35. The third-order valence-electron chi connectivity index (χ3n) is 1.94. The van der Waals surface area contributed by atoms with Crippen LogP contribution in [0.15, 0.2) is 0 Å². The smallest absolute Gasteiger partial charge is 0.302 e. The molecule has 0 aromatic rings. The molecular formula is C7H12O5S2. The van der Waals surface area contributed by atoms with Crippen LogP contribution < -0.4 is 0 Å². The first kappa shape index (κ1) is 11.8. The van der Waals surface area contributed by atoms with Crippen molar-refractivity contribution in [3.8, 4) is 0 Å². The van der Waals surface area contributed by atoms with E-state index < -0.39 is 20.3 Å². The van der Waals surface area contributed by atoms with E-state index in [4.69, 9.17) is 9.84 Å². The molecule has 0 radical (unpaired) electrons. The second-order valence-corrected chi connectivity index (χ2v) is 7.56. The lowest BCUT2D eigenvalue weighted by atomic mass is 9.96. The Morgan fingerprint density at radius 1 is 1.64 bits per heavy atom. The summed E-state index contributed by atoms with van der Waals surface area (Å²) in [6.45, 7) is 0.930. The zero-order valence-electron chi connectivity index (χ0n) is 7.73. The second kappa shape index (κ2) is 4.08. The Labute approximate surface area is 86.1 Å². The maximum absolute atomic E-state index is 11.2. The molecule has 0 spiro atoms. The molecule has 0 bridgehead atoms. The summed E-state index contributed by atoms with van der Waals surface area (Å²) in [6.07, 6.45) is 0. The molecule has 1 heterocycles. The van der Waals surface area contributed by atoms with Gasteiger partial charge in [0.25, 0.3) is 0 Å². The summed E-state index contributed by atoms with van der Waals surface area (Å²) >= 11 is 0. The fraction of sp³-hybridized carbons (Fsp3) is 0.857. The average molecular weight is 240 g/mol. The molecule has 0 aromatic carbocycles. The van der Waals surface area contributed by atoms with Gasteiger partial charge in [0.2, 0.25) is 8.87 Å². The van der Waals surface area contributed by atoms with Crippen molar-refractivity contribution in [2.24, 2.45) is 5.41 Å². The Morgan fingerprint density at radius 2 is 2.29 bits per heavy atom. The molecule has 1 rings (SSSR count). The average Bonchev–Trinajstić information content (AvgIpc) is 2.40. The summed E-state index contributed by atoms with van der Waals surface area (Å²) in [5.74, 6) is -0.319. The largest absolute Gasteiger partial charge is 0.465 e. The van der Waals surface area contributed by atoms with Crippen molar-refractivity contribution in [1.82, 2.24) is 0 Å². The van der Waals surface area contributed by atoms with Gasteiger partial charge in [0.05, 0.1) is 17.8 Å². The minimum Gasteiger partial charge on any atom is -0.465 e. The molecule has 0 aromatic heterocycles. The molecular weight excluding hydrogens is 228 g/mol. The van der Waals surface area contributed by atoms with E-state index in [9.17, 15) is 13.2 Å². The molecule has 1 unspecified atom stereocenters. The summed E-state index contributed by atoms with van der Waals surface area (Å²) in [4.78, 5) is 10.6. The van der Waals surface area contributed by atoms with Gasteiger partial charge in [0.1, 0.15) is 6.61 Å². The Morgan fingerprint density at radius 3 is 2.64 bits per heavy atom. The van der Waals surface area contributed by atoms with Crippen molar-refractivity contribution in [3.05, 3.63) is 0 Å². The van der Waals surface area contributed by atoms with Gasteiger partial charge in [-0.15, -0.1) is 0 Å². The van der Waals surface area contributed by atoms with Crippen molar-refractivity contribution in [2.75, 3.05) is 24.7 Å². The van der Waals surface area contributed by atoms with Gasteiger partial charge < -0.3 is 9.84 Å². The van der Waals surface area contributed by atoms with Crippen LogP contribution in [0, 0.1) is 5.41 Å². The highest BCUT2D eigenvalue weighted by Crippen LogP contribution is 2.37. The van der Waals surface area contributed by atoms with Gasteiger partial charge in [-0.05, 0) is 10.8 Å². The van der Waals surface area contributed by atoms with Crippen molar-refractivity contribution in [2.45, 2.75) is 6.92 Å². The Bertz CT molecular complexity index is 323. The normalized spacial score (nSPS) is 30.1. The number of hydrogen-bond acceptors (Lipinski definition) is 6. The second-order valence-electron chi connectivity index (χ2n) is 3.40. The number of hydrogen-bond donors (Lipinski definition) is 1. The number of ether oxygens (including phenoxy) is 1. The number of esters is 1. The molecule has 5 nitrogen and oxygen atoms in total. The number of carbonyl (C=O) groups excluding carboxylic acids is 1. The van der Waals surface area contributed by atoms with E-state index in [1.807, 2.05) is 0 Å². The molecule has 0 saturated carbocycles. The maximum Gasteiger partial charge on any atom is 0.302 e. The maximum atomic E-state index is 11.2. The first-order valence-electron chi connectivity index (χ1n) is 4.00. The summed E-state index contributed by atoms with van der Waals surface area (Å²) in [7, 11) is -2.34. The molecule has 0 amide bonds. The highest BCUT2D eigenvalue weighted by molar-refractivity contribution is 8.72. The molecule has 1 aliphatic heterocycles. The summed E-state index contributed by atoms with van der Waals surface area (Å²) < 4.78 is 27.1. The Hall–Kier alpha value is -0.270. The molecule has 7 heteroatoms. The molecule has 0 aliphatic carbocycles. The summed E-state index contributed by atoms with van der Waals surface area (Å²) in [6, 6.07) is 0. The topological polar surface area (TPSA) is 80.7 Å². The Balaban J connectivity index is 2.65. The molecule has 82 valence electrons. The van der Waals surface area contributed by atoms with E-state index >= 15 is 0 Å². The number of aliphatic hydroxyl groups excluding tert-OH is 1. The van der Waals surface area contributed by atoms with Crippen LogP contribution in [-0.4, -0.2) is 44.2 Å². The van der Waals surface area contributed by atoms with E-state index in [1.165, 1.54) is 6.92 Å². The third-order valence-corrected chi connectivity index (χ3v) is 5.78. The van der Waals surface area contributed by atoms with Gasteiger partial charge in [0.15, 0.2) is 0 Å². The predicted octanol–water partition coefficient (Wildman–Crippen LogP) is -0.395. The molecule has 14 heavy (non-hydrogen) atoms. The summed E-state index contributed by atoms with van der Waals surface area (Å²) in [5.41, 5.74) is -0.810. The Kier molecular flexibility index (Phi) is 3.44. The number of rotatable bonds is 3. The minimum absolute atomic E-state index is 0.0366. The minimum atomic E-state index is -3.15. The first-order valence-corrected chi connectivity index (χ1v) is 7.16. The molecule has 1 aliphatic rings. The molecule has 1 atom stereocenters. The van der Waals surface area contributed by atoms with Crippen LogP contribution in [0.2, 0.25) is 0 Å². The van der Waals surface area contributed by atoms with Crippen molar-refractivity contribution in [3.63, 3.8) is 0 Å². The predicted molar refractivity (Wildman–Crippen MR) is 52.4 cm³/mol. The monoisotopic (exact) mass is 240 g/mol. The molecule has 1 saturated heterocycles. The van der Waals surface area contributed by atoms with Gasteiger partial charge in [0, 0.05) is 12.7 Å². The lowest BCUT2D eigenvalue weighted by Gasteiger charge is -2.22. The third kappa shape index (κ3) is 2.86. The zero-order valence-corrected chi connectivity index (χ0v) is 9.36. The van der Waals surface area contributed by atoms with Crippen molar-refractivity contribution >= 4 is 25.6 Å². The van der Waals surface area contributed by atoms with Crippen LogP contribution in [0.5, 0.6) is 0 Å². The standard InChI is InChI=1S/C7H12O5S2/c1-6(9)12-3-7(2-8)4-13-14(10,11)5-7/h8H,2-5H2,1H3. The van der Waals surface area contributed by atoms with Crippen molar-refractivity contribution in [1.29, 1.82) is 0 Å². The first-order chi connectivity index (χ1) is 6.39. The van der Waals surface area contributed by atoms with E-state index in [0.29, 0.717) is 0 Å². The van der Waals surface area contributed by atoms with Crippen LogP contribution in [0.4, 0.5) is 0 Å². The molecule has 1 N–H and O–H groups in total. The highest BCUT2D eigenvalue weighted by atomic mass is 33.1. The quantitative estimate of drug-likeness (QED) is 0.534.